The van der Waals surface area contributed by atoms with Crippen molar-refractivity contribution in [3.8, 4) is 11.5 Å². The van der Waals surface area contributed by atoms with Crippen molar-refractivity contribution in [2.45, 2.75) is 25.1 Å². The largest absolute Gasteiger partial charge is 0.506 e. The molecule has 13 heteroatoms. The van der Waals surface area contributed by atoms with Crippen molar-refractivity contribution in [2.24, 2.45) is 0 Å². The van der Waals surface area contributed by atoms with Gasteiger partial charge in [-0.05, 0) is 43.0 Å². The Balaban J connectivity index is 1.56. The third-order valence-corrected chi connectivity index (χ3v) is 6.84. The molecular formula is C19H19F4N3O5S. The lowest BCUT2D eigenvalue weighted by atomic mass is 10.1. The number of carbonyl (C=O) groups is 1. The van der Waals surface area contributed by atoms with Gasteiger partial charge in [0.25, 0.3) is 5.91 Å². The molecule has 8 nitrogen and oxygen atoms in total. The molecule has 0 aliphatic carbocycles. The standard InChI is InChI=1S/C19H19F4N3O5S/c20-17-13-9-12(31-7-6-25-5-1-2-15(25)19(21,22)23)4-3-11(13)8-14(27)18(17)26-10-16(28)24-32(26,29)30/h3-4,8-9,15,27H,1-2,5-7,10H2,(H,24,28)/t15-/m0/s1. The number of fused-ring (bicyclic) bond motifs is 1. The van der Waals surface area contributed by atoms with E-state index < -0.39 is 52.1 Å². The molecule has 2 aliphatic heterocycles. The third-order valence-electron chi connectivity index (χ3n) is 5.46. The number of phenols is 1. The van der Waals surface area contributed by atoms with Crippen molar-refractivity contribution in [3.63, 3.8) is 0 Å². The number of rotatable bonds is 5. The zero-order valence-corrected chi connectivity index (χ0v) is 17.3. The van der Waals surface area contributed by atoms with Gasteiger partial charge in [0.1, 0.15) is 36.4 Å². The summed E-state index contributed by atoms with van der Waals surface area (Å²) in [5.41, 5.74) is -0.682. The summed E-state index contributed by atoms with van der Waals surface area (Å²) in [7, 11) is -4.35. The van der Waals surface area contributed by atoms with E-state index in [1.807, 2.05) is 0 Å². The number of alkyl halides is 3. The molecule has 1 atom stereocenters. The number of nitrogens with one attached hydrogen (secondary N) is 1. The molecule has 0 saturated carbocycles. The number of ether oxygens (including phenoxy) is 1. The predicted molar refractivity (Wildman–Crippen MR) is 106 cm³/mol. The maximum atomic E-state index is 15.2. The Morgan fingerprint density at radius 2 is 2.00 bits per heavy atom. The van der Waals surface area contributed by atoms with Gasteiger partial charge >= 0.3 is 16.4 Å². The highest BCUT2D eigenvalue weighted by atomic mass is 32.2. The number of benzene rings is 2. The molecule has 2 fully saturated rings. The van der Waals surface area contributed by atoms with Gasteiger partial charge in [0.15, 0.2) is 5.82 Å². The topological polar surface area (TPSA) is 99.2 Å². The van der Waals surface area contributed by atoms with Crippen LogP contribution < -0.4 is 13.8 Å². The summed E-state index contributed by atoms with van der Waals surface area (Å²) in [6, 6.07) is 3.78. The molecule has 2 aliphatic rings. The minimum Gasteiger partial charge on any atom is -0.506 e. The van der Waals surface area contributed by atoms with Gasteiger partial charge in [0.05, 0.1) is 0 Å². The van der Waals surface area contributed by atoms with Crippen LogP contribution >= 0.6 is 0 Å². The number of phenolic OH excluding ortho intramolecular Hbond substituents is 1. The first kappa shape index (κ1) is 22.4. The fourth-order valence-electron chi connectivity index (χ4n) is 4.03. The normalized spacial score (nSPS) is 21.3. The molecule has 174 valence electrons. The molecule has 0 aromatic heterocycles. The SMILES string of the molecule is O=C1CN(c2c(O)cc3ccc(OCCN4CCC[C@H]4C(F)(F)F)cc3c2F)S(=O)(=O)N1. The van der Waals surface area contributed by atoms with Crippen LogP contribution in [-0.2, 0) is 15.0 Å². The molecule has 2 N–H and O–H groups in total. The van der Waals surface area contributed by atoms with Gasteiger partial charge in [-0.15, -0.1) is 0 Å². The smallest absolute Gasteiger partial charge is 0.404 e. The van der Waals surface area contributed by atoms with Crippen molar-refractivity contribution in [2.75, 3.05) is 30.5 Å². The lowest BCUT2D eigenvalue weighted by Gasteiger charge is -2.26. The van der Waals surface area contributed by atoms with E-state index in [9.17, 15) is 31.5 Å². The zero-order valence-electron chi connectivity index (χ0n) is 16.5. The Bertz CT molecular complexity index is 1170. The molecule has 0 unspecified atom stereocenters. The summed E-state index contributed by atoms with van der Waals surface area (Å²) < 4.78 is 86.0. The van der Waals surface area contributed by atoms with Crippen molar-refractivity contribution in [3.05, 3.63) is 30.1 Å². The average molecular weight is 477 g/mol. The number of nitrogens with zero attached hydrogens (tertiary/aromatic N) is 2. The second-order valence-corrected chi connectivity index (χ2v) is 9.16. The number of likely N-dealkylation sites (tertiary alicyclic amines) is 1. The van der Waals surface area contributed by atoms with Gasteiger partial charge in [-0.2, -0.15) is 21.6 Å². The van der Waals surface area contributed by atoms with Gasteiger partial charge in [0, 0.05) is 11.9 Å². The highest BCUT2D eigenvalue weighted by Gasteiger charge is 2.45. The number of carbonyl (C=O) groups excluding carboxylic acids is 1. The number of amides is 1. The van der Waals surface area contributed by atoms with E-state index in [0.29, 0.717) is 17.3 Å². The quantitative estimate of drug-likeness (QED) is 0.642. The minimum atomic E-state index is -4.35. The van der Waals surface area contributed by atoms with E-state index in [4.69, 9.17) is 4.74 Å². The number of hydrogen-bond acceptors (Lipinski definition) is 6. The monoisotopic (exact) mass is 477 g/mol. The Morgan fingerprint density at radius 3 is 2.66 bits per heavy atom. The summed E-state index contributed by atoms with van der Waals surface area (Å²) in [5.74, 6) is -2.47. The van der Waals surface area contributed by atoms with Gasteiger partial charge in [-0.1, -0.05) is 6.07 Å². The fraction of sp³-hybridized carbons (Fsp3) is 0.421. The number of anilines is 1. The average Bonchev–Trinajstić information content (AvgIpc) is 3.26. The zero-order chi connectivity index (χ0) is 23.3. The fourth-order valence-corrected chi connectivity index (χ4v) is 5.19. The molecule has 4 rings (SSSR count). The summed E-state index contributed by atoms with van der Waals surface area (Å²) in [6.45, 7) is -0.417. The Morgan fingerprint density at radius 1 is 1.25 bits per heavy atom. The van der Waals surface area contributed by atoms with Crippen LogP contribution in [0.25, 0.3) is 10.8 Å². The Hall–Kier alpha value is -2.80. The van der Waals surface area contributed by atoms with Crippen LogP contribution in [-0.4, -0.2) is 62.8 Å². The summed E-state index contributed by atoms with van der Waals surface area (Å²) >= 11 is 0. The van der Waals surface area contributed by atoms with Crippen LogP contribution in [0.4, 0.5) is 23.2 Å². The highest BCUT2D eigenvalue weighted by Crippen LogP contribution is 2.39. The molecular weight excluding hydrogens is 458 g/mol. The van der Waals surface area contributed by atoms with E-state index in [1.54, 1.807) is 4.72 Å². The molecule has 1 amide bonds. The van der Waals surface area contributed by atoms with Gasteiger partial charge in [-0.25, -0.2) is 13.4 Å². The number of aromatic hydroxyl groups is 1. The van der Waals surface area contributed by atoms with E-state index in [1.165, 1.54) is 23.1 Å². The maximum Gasteiger partial charge on any atom is 0.404 e. The molecule has 32 heavy (non-hydrogen) atoms. The molecule has 0 radical (unpaired) electrons. The van der Waals surface area contributed by atoms with Gasteiger partial charge in [0.2, 0.25) is 0 Å². The van der Waals surface area contributed by atoms with E-state index in [-0.39, 0.29) is 36.1 Å². The summed E-state index contributed by atoms with van der Waals surface area (Å²) in [5, 5.41) is 10.3. The minimum absolute atomic E-state index is 0.0331. The van der Waals surface area contributed by atoms with Crippen LogP contribution in [0.5, 0.6) is 11.5 Å². The first-order chi connectivity index (χ1) is 15.0. The molecule has 2 saturated heterocycles. The van der Waals surface area contributed by atoms with Crippen LogP contribution in [0.1, 0.15) is 12.8 Å². The third kappa shape index (κ3) is 4.13. The Kier molecular flexibility index (Phi) is 5.57. The number of hydrogen-bond donors (Lipinski definition) is 2. The van der Waals surface area contributed by atoms with Crippen LogP contribution in [0, 0.1) is 5.82 Å². The second-order valence-electron chi connectivity index (χ2n) is 7.56. The molecule has 2 aromatic carbocycles. The van der Waals surface area contributed by atoms with E-state index in [0.717, 1.165) is 6.07 Å². The van der Waals surface area contributed by atoms with Crippen LogP contribution in [0.3, 0.4) is 0 Å². The van der Waals surface area contributed by atoms with Crippen LogP contribution in [0.15, 0.2) is 24.3 Å². The highest BCUT2D eigenvalue weighted by molar-refractivity contribution is 7.92. The first-order valence-electron chi connectivity index (χ1n) is 9.69. The predicted octanol–water partition coefficient (Wildman–Crippen LogP) is 2.27. The van der Waals surface area contributed by atoms with Crippen molar-refractivity contribution in [1.29, 1.82) is 0 Å². The van der Waals surface area contributed by atoms with E-state index >= 15 is 4.39 Å². The lowest BCUT2D eigenvalue weighted by Crippen LogP contribution is -2.42. The molecule has 0 bridgehead atoms. The molecule has 2 aromatic rings. The molecule has 2 heterocycles. The second kappa shape index (κ2) is 7.96. The van der Waals surface area contributed by atoms with Crippen molar-refractivity contribution < 1.29 is 40.6 Å². The lowest BCUT2D eigenvalue weighted by molar-refractivity contribution is -0.176. The summed E-state index contributed by atoms with van der Waals surface area (Å²) in [4.78, 5) is 12.8. The van der Waals surface area contributed by atoms with Gasteiger partial charge in [-0.3, -0.25) is 9.69 Å². The molecule has 0 spiro atoms. The first-order valence-corrected chi connectivity index (χ1v) is 11.1. The van der Waals surface area contributed by atoms with E-state index in [2.05, 4.69) is 0 Å². The number of halogens is 4. The summed E-state index contributed by atoms with van der Waals surface area (Å²) in [6.07, 6.45) is -3.84. The van der Waals surface area contributed by atoms with Crippen molar-refractivity contribution in [1.82, 2.24) is 9.62 Å². The van der Waals surface area contributed by atoms with Crippen molar-refractivity contribution >= 4 is 32.6 Å². The Labute approximate surface area is 180 Å². The maximum absolute atomic E-state index is 15.2. The van der Waals surface area contributed by atoms with Crippen LogP contribution in [0.2, 0.25) is 0 Å². The van der Waals surface area contributed by atoms with Gasteiger partial charge < -0.3 is 9.84 Å².